The lowest BCUT2D eigenvalue weighted by Crippen LogP contribution is -2.49. The van der Waals surface area contributed by atoms with Crippen molar-refractivity contribution in [3.63, 3.8) is 0 Å². The van der Waals surface area contributed by atoms with E-state index in [0.29, 0.717) is 30.4 Å². The third-order valence-corrected chi connectivity index (χ3v) is 5.44. The smallest absolute Gasteiger partial charge is 0.270 e. The first-order chi connectivity index (χ1) is 14.1. The fourth-order valence-electron chi connectivity index (χ4n) is 3.53. The lowest BCUT2D eigenvalue weighted by atomic mass is 10.2. The van der Waals surface area contributed by atoms with Crippen LogP contribution in [0.5, 0.6) is 11.5 Å². The molecular weight excluding hydrogens is 390 g/mol. The van der Waals surface area contributed by atoms with Crippen molar-refractivity contribution in [2.24, 2.45) is 0 Å². The number of carbonyl (C=O) groups is 1. The van der Waals surface area contributed by atoms with Crippen LogP contribution in [0.3, 0.4) is 0 Å². The molecule has 0 saturated carbocycles. The molecule has 0 aliphatic carbocycles. The van der Waals surface area contributed by atoms with Crippen molar-refractivity contribution in [2.75, 3.05) is 46.4 Å². The van der Waals surface area contributed by atoms with E-state index in [2.05, 4.69) is 9.88 Å². The first-order valence-corrected chi connectivity index (χ1v) is 10.1. The molecular formula is C22H24ClN3O3. The van der Waals surface area contributed by atoms with Gasteiger partial charge in [0.05, 0.1) is 7.11 Å². The van der Waals surface area contributed by atoms with Gasteiger partial charge in [0.15, 0.2) is 0 Å². The maximum Gasteiger partial charge on any atom is 0.270 e. The second-order valence-electron chi connectivity index (χ2n) is 7.07. The zero-order valence-corrected chi connectivity index (χ0v) is 17.1. The Balaban J connectivity index is 1.25. The van der Waals surface area contributed by atoms with Gasteiger partial charge in [0.2, 0.25) is 0 Å². The number of ether oxygens (including phenoxy) is 2. The number of aromatic amines is 1. The Kier molecular flexibility index (Phi) is 5.92. The number of halogens is 1. The summed E-state index contributed by atoms with van der Waals surface area (Å²) in [5.74, 6) is 1.68. The first kappa shape index (κ1) is 19.6. The molecule has 0 spiro atoms. The molecule has 6 nitrogen and oxygen atoms in total. The van der Waals surface area contributed by atoms with Crippen LogP contribution in [0.2, 0.25) is 5.02 Å². The average Bonchev–Trinajstić information content (AvgIpc) is 3.17. The summed E-state index contributed by atoms with van der Waals surface area (Å²) >= 11 is 6.04. The number of aromatic nitrogens is 1. The minimum Gasteiger partial charge on any atom is -0.497 e. The van der Waals surface area contributed by atoms with Crippen LogP contribution in [0.15, 0.2) is 48.5 Å². The monoisotopic (exact) mass is 413 g/mol. The highest BCUT2D eigenvalue weighted by atomic mass is 35.5. The molecule has 29 heavy (non-hydrogen) atoms. The maximum atomic E-state index is 12.8. The van der Waals surface area contributed by atoms with E-state index >= 15 is 0 Å². The quantitative estimate of drug-likeness (QED) is 0.670. The van der Waals surface area contributed by atoms with E-state index in [9.17, 15) is 4.79 Å². The lowest BCUT2D eigenvalue weighted by Gasteiger charge is -2.34. The first-order valence-electron chi connectivity index (χ1n) is 9.69. The number of hydrogen-bond donors (Lipinski definition) is 1. The molecule has 0 unspecified atom stereocenters. The Bertz CT molecular complexity index is 979. The molecule has 4 rings (SSSR count). The zero-order chi connectivity index (χ0) is 20.2. The highest BCUT2D eigenvalue weighted by Crippen LogP contribution is 2.21. The summed E-state index contributed by atoms with van der Waals surface area (Å²) in [4.78, 5) is 20.2. The Hall–Kier alpha value is -2.70. The number of nitrogens with one attached hydrogen (secondary N) is 1. The van der Waals surface area contributed by atoms with E-state index in [0.717, 1.165) is 42.0 Å². The Morgan fingerprint density at radius 2 is 1.76 bits per heavy atom. The van der Waals surface area contributed by atoms with Crippen molar-refractivity contribution >= 4 is 28.4 Å². The SMILES string of the molecule is COc1ccc(OCCN2CCN(C(=O)c3cc4cc(Cl)ccc4[nH]3)CC2)cc1. The zero-order valence-electron chi connectivity index (χ0n) is 16.4. The van der Waals surface area contributed by atoms with Gasteiger partial charge in [0, 0.05) is 48.6 Å². The van der Waals surface area contributed by atoms with E-state index in [1.807, 2.05) is 53.4 Å². The number of H-pyrrole nitrogens is 1. The molecule has 1 amide bonds. The molecule has 0 radical (unpaired) electrons. The number of nitrogens with zero attached hydrogens (tertiary/aromatic N) is 2. The fourth-order valence-corrected chi connectivity index (χ4v) is 3.71. The summed E-state index contributed by atoms with van der Waals surface area (Å²) in [7, 11) is 1.65. The van der Waals surface area contributed by atoms with Crippen molar-refractivity contribution in [3.8, 4) is 11.5 Å². The number of methoxy groups -OCH3 is 1. The van der Waals surface area contributed by atoms with Crippen LogP contribution < -0.4 is 9.47 Å². The van der Waals surface area contributed by atoms with Crippen LogP contribution in [0.1, 0.15) is 10.5 Å². The minimum absolute atomic E-state index is 0.0338. The number of amides is 1. The number of carbonyl (C=O) groups excluding carboxylic acids is 1. The van der Waals surface area contributed by atoms with Crippen molar-refractivity contribution in [1.29, 1.82) is 0 Å². The van der Waals surface area contributed by atoms with Gasteiger partial charge in [-0.25, -0.2) is 0 Å². The van der Waals surface area contributed by atoms with Gasteiger partial charge in [0.25, 0.3) is 5.91 Å². The van der Waals surface area contributed by atoms with E-state index in [1.165, 1.54) is 0 Å². The number of rotatable bonds is 6. The van der Waals surface area contributed by atoms with Crippen LogP contribution in [0, 0.1) is 0 Å². The van der Waals surface area contributed by atoms with Crippen LogP contribution >= 0.6 is 11.6 Å². The highest BCUT2D eigenvalue weighted by Gasteiger charge is 2.23. The number of benzene rings is 2. The lowest BCUT2D eigenvalue weighted by molar-refractivity contribution is 0.0615. The number of fused-ring (bicyclic) bond motifs is 1. The van der Waals surface area contributed by atoms with Crippen molar-refractivity contribution in [2.45, 2.75) is 0 Å². The van der Waals surface area contributed by atoms with Gasteiger partial charge in [-0.1, -0.05) is 11.6 Å². The van der Waals surface area contributed by atoms with Crippen LogP contribution in [0.4, 0.5) is 0 Å². The summed E-state index contributed by atoms with van der Waals surface area (Å²) in [6.45, 7) is 4.53. The summed E-state index contributed by atoms with van der Waals surface area (Å²) in [5, 5.41) is 1.62. The molecule has 1 aromatic heterocycles. The van der Waals surface area contributed by atoms with Crippen molar-refractivity contribution in [3.05, 3.63) is 59.2 Å². The molecule has 2 aromatic carbocycles. The van der Waals surface area contributed by atoms with E-state index in [-0.39, 0.29) is 5.91 Å². The Labute approximate surface area is 175 Å². The molecule has 1 fully saturated rings. The Morgan fingerprint density at radius 1 is 1.03 bits per heavy atom. The average molecular weight is 414 g/mol. The summed E-state index contributed by atoms with van der Waals surface area (Å²) in [6.07, 6.45) is 0. The third-order valence-electron chi connectivity index (χ3n) is 5.21. The van der Waals surface area contributed by atoms with E-state index in [1.54, 1.807) is 7.11 Å². The predicted octanol–water partition coefficient (Wildman–Crippen LogP) is 3.67. The molecule has 152 valence electrons. The molecule has 1 aliphatic heterocycles. The highest BCUT2D eigenvalue weighted by molar-refractivity contribution is 6.31. The number of piperazine rings is 1. The standard InChI is InChI=1S/C22H24ClN3O3/c1-28-18-3-5-19(6-4-18)29-13-12-25-8-10-26(11-9-25)22(27)21-15-16-14-17(23)2-7-20(16)24-21/h2-7,14-15,24H,8-13H2,1H3. The second-order valence-corrected chi connectivity index (χ2v) is 7.51. The van der Waals surface area contributed by atoms with Gasteiger partial charge in [-0.05, 0) is 48.5 Å². The fraction of sp³-hybridized carbons (Fsp3) is 0.318. The molecule has 7 heteroatoms. The van der Waals surface area contributed by atoms with Gasteiger partial charge in [-0.15, -0.1) is 0 Å². The topological polar surface area (TPSA) is 57.8 Å². The summed E-state index contributed by atoms with van der Waals surface area (Å²) in [5.41, 5.74) is 1.53. The van der Waals surface area contributed by atoms with Crippen molar-refractivity contribution < 1.29 is 14.3 Å². The minimum atomic E-state index is 0.0338. The molecule has 0 bridgehead atoms. The van der Waals surface area contributed by atoms with Crippen LogP contribution in [-0.2, 0) is 0 Å². The number of hydrogen-bond acceptors (Lipinski definition) is 4. The normalized spacial score (nSPS) is 14.9. The van der Waals surface area contributed by atoms with E-state index < -0.39 is 0 Å². The molecule has 1 aliphatic rings. The van der Waals surface area contributed by atoms with Gasteiger partial charge >= 0.3 is 0 Å². The largest absolute Gasteiger partial charge is 0.497 e. The molecule has 0 atom stereocenters. The van der Waals surface area contributed by atoms with Gasteiger partial charge in [-0.2, -0.15) is 0 Å². The van der Waals surface area contributed by atoms with Gasteiger partial charge in [-0.3, -0.25) is 9.69 Å². The van der Waals surface area contributed by atoms with E-state index in [4.69, 9.17) is 21.1 Å². The Morgan fingerprint density at radius 3 is 2.48 bits per heavy atom. The van der Waals surface area contributed by atoms with Crippen LogP contribution in [0.25, 0.3) is 10.9 Å². The molecule has 2 heterocycles. The van der Waals surface area contributed by atoms with Gasteiger partial charge in [0.1, 0.15) is 23.8 Å². The predicted molar refractivity (Wildman–Crippen MR) is 114 cm³/mol. The summed E-state index contributed by atoms with van der Waals surface area (Å²) in [6, 6.07) is 15.0. The maximum absolute atomic E-state index is 12.8. The van der Waals surface area contributed by atoms with Gasteiger partial charge < -0.3 is 19.4 Å². The summed E-state index contributed by atoms with van der Waals surface area (Å²) < 4.78 is 10.9. The third kappa shape index (κ3) is 4.66. The molecule has 1 N–H and O–H groups in total. The van der Waals surface area contributed by atoms with Crippen LogP contribution in [-0.4, -0.2) is 67.1 Å². The molecule has 3 aromatic rings. The second kappa shape index (κ2) is 8.76. The molecule has 1 saturated heterocycles. The van der Waals surface area contributed by atoms with Crippen molar-refractivity contribution in [1.82, 2.24) is 14.8 Å².